The number of hydrogen-bond donors (Lipinski definition) is 1. The summed E-state index contributed by atoms with van der Waals surface area (Å²) in [6.07, 6.45) is 7.04. The van der Waals surface area contributed by atoms with E-state index in [0.717, 1.165) is 32.1 Å². The predicted molar refractivity (Wildman–Crippen MR) is 114 cm³/mol. The van der Waals surface area contributed by atoms with Crippen LogP contribution in [-0.2, 0) is 4.74 Å². The molecule has 0 saturated heterocycles. The molecule has 28 heavy (non-hydrogen) atoms. The highest BCUT2D eigenvalue weighted by Crippen LogP contribution is 2.44. The molecule has 0 spiro atoms. The maximum Gasteiger partial charge on any atom is 0.407 e. The number of allylic oxidation sites excluding steroid dienone is 1. The Morgan fingerprint density at radius 2 is 1.86 bits per heavy atom. The molecule has 4 heteroatoms. The molecular weight excluding hydrogens is 348 g/mol. The molecule has 1 amide bonds. The van der Waals surface area contributed by atoms with Gasteiger partial charge in [0.05, 0.1) is 5.92 Å². The zero-order chi connectivity index (χ0) is 20.1. The number of nitrogens with one attached hydrogen (secondary N) is 1. The molecule has 3 rings (SSSR count). The van der Waals surface area contributed by atoms with Crippen molar-refractivity contribution >= 4 is 12.2 Å². The van der Waals surface area contributed by atoms with Crippen molar-refractivity contribution in [2.24, 2.45) is 11.8 Å². The lowest BCUT2D eigenvalue weighted by Gasteiger charge is -2.25. The summed E-state index contributed by atoms with van der Waals surface area (Å²) < 4.78 is 5.34. The van der Waals surface area contributed by atoms with E-state index in [-0.39, 0.29) is 12.1 Å². The van der Waals surface area contributed by atoms with Gasteiger partial charge in [-0.1, -0.05) is 46.8 Å². The third-order valence-electron chi connectivity index (χ3n) is 5.41. The van der Waals surface area contributed by atoms with Crippen molar-refractivity contribution in [3.63, 3.8) is 0 Å². The van der Waals surface area contributed by atoms with E-state index in [1.165, 1.54) is 11.1 Å². The van der Waals surface area contributed by atoms with Crippen molar-refractivity contribution in [2.75, 3.05) is 0 Å². The number of rotatable bonds is 3. The van der Waals surface area contributed by atoms with Crippen molar-refractivity contribution in [2.45, 2.75) is 77.5 Å². The molecule has 2 saturated carbocycles. The van der Waals surface area contributed by atoms with Gasteiger partial charge in [0.1, 0.15) is 5.60 Å². The van der Waals surface area contributed by atoms with E-state index >= 15 is 0 Å². The smallest absolute Gasteiger partial charge is 0.407 e. The zero-order valence-electron chi connectivity index (χ0n) is 17.6. The van der Waals surface area contributed by atoms with Gasteiger partial charge in [0, 0.05) is 24.8 Å². The van der Waals surface area contributed by atoms with Crippen molar-refractivity contribution in [3.05, 3.63) is 46.3 Å². The summed E-state index contributed by atoms with van der Waals surface area (Å²) in [7, 11) is 0. The van der Waals surface area contributed by atoms with Gasteiger partial charge in [0.25, 0.3) is 12.1 Å². The summed E-state index contributed by atoms with van der Waals surface area (Å²) >= 11 is 0. The van der Waals surface area contributed by atoms with Crippen LogP contribution in [0.3, 0.4) is 0 Å². The number of hydrogen-bond acceptors (Lipinski definition) is 2. The van der Waals surface area contributed by atoms with E-state index < -0.39 is 5.60 Å². The van der Waals surface area contributed by atoms with Gasteiger partial charge in [-0.2, -0.15) is 0 Å². The van der Waals surface area contributed by atoms with E-state index in [1.807, 2.05) is 26.8 Å². The molecule has 0 aliphatic heterocycles. The molecule has 1 N–H and O–H groups in total. The van der Waals surface area contributed by atoms with Crippen LogP contribution in [0.4, 0.5) is 4.79 Å². The van der Waals surface area contributed by atoms with Crippen molar-refractivity contribution in [3.8, 4) is 6.07 Å². The minimum absolute atomic E-state index is 0.200. The Morgan fingerprint density at radius 1 is 1.18 bits per heavy atom. The van der Waals surface area contributed by atoms with Crippen LogP contribution < -0.4 is 5.32 Å². The molecule has 0 aromatic heterocycles. The van der Waals surface area contributed by atoms with Crippen LogP contribution in [0.1, 0.15) is 65.4 Å². The largest absolute Gasteiger partial charge is 0.444 e. The van der Waals surface area contributed by atoms with Gasteiger partial charge in [-0.05, 0) is 52.5 Å². The first-order valence-corrected chi connectivity index (χ1v) is 10.5. The van der Waals surface area contributed by atoms with Crippen LogP contribution in [-0.4, -0.2) is 23.8 Å². The Hall–Kier alpha value is -2.28. The first-order valence-electron chi connectivity index (χ1n) is 10.5. The summed E-state index contributed by atoms with van der Waals surface area (Å²) in [6, 6.07) is 14.4. The van der Waals surface area contributed by atoms with Gasteiger partial charge >= 0.3 is 6.09 Å². The molecule has 1 aromatic carbocycles. The third kappa shape index (κ3) is 6.41. The molecule has 1 aromatic rings. The van der Waals surface area contributed by atoms with Crippen LogP contribution in [0.25, 0.3) is 10.9 Å². The Kier molecular flexibility index (Phi) is 6.44. The lowest BCUT2D eigenvalue weighted by Crippen LogP contribution is -2.41. The first-order chi connectivity index (χ1) is 13.3. The average molecular weight is 382 g/mol. The van der Waals surface area contributed by atoms with E-state index in [9.17, 15) is 4.79 Å². The molecule has 2 atom stereocenters. The molecule has 150 valence electrons. The quantitative estimate of drug-likeness (QED) is 0.709. The number of carbonyl (C=O) groups excluding carboxylic acids is 1. The summed E-state index contributed by atoms with van der Waals surface area (Å²) in [4.78, 5) is 16.6. The molecule has 2 fully saturated rings. The highest BCUT2D eigenvalue weighted by atomic mass is 16.6. The fraction of sp³-hybridized carbons (Fsp3) is 0.583. The molecule has 2 aliphatic carbocycles. The zero-order valence-corrected chi connectivity index (χ0v) is 17.6. The summed E-state index contributed by atoms with van der Waals surface area (Å²) in [6.45, 7) is 7.87. The van der Waals surface area contributed by atoms with Gasteiger partial charge in [-0.3, -0.25) is 0 Å². The van der Waals surface area contributed by atoms with E-state index in [4.69, 9.17) is 9.58 Å². The average Bonchev–Trinajstić information content (AvgIpc) is 3.40. The molecule has 0 bridgehead atoms. The Bertz CT molecular complexity index is 759. The lowest BCUT2D eigenvalue weighted by molar-refractivity contribution is 0.0492. The molecule has 0 heterocycles. The monoisotopic (exact) mass is 381 g/mol. The van der Waals surface area contributed by atoms with Gasteiger partial charge in [0.15, 0.2) is 0 Å². The van der Waals surface area contributed by atoms with Crippen LogP contribution in [0, 0.1) is 17.9 Å². The van der Waals surface area contributed by atoms with Crippen LogP contribution in [0.15, 0.2) is 35.9 Å². The van der Waals surface area contributed by atoms with E-state index in [0.29, 0.717) is 17.9 Å². The Morgan fingerprint density at radius 3 is 2.50 bits per heavy atom. The van der Waals surface area contributed by atoms with Gasteiger partial charge in [0.2, 0.25) is 0 Å². The first kappa shape index (κ1) is 20.5. The second-order valence-corrected chi connectivity index (χ2v) is 9.16. The second-order valence-electron chi connectivity index (χ2n) is 9.16. The normalized spacial score (nSPS) is 27.4. The molecule has 4 nitrogen and oxygen atoms in total. The lowest BCUT2D eigenvalue weighted by atomic mass is 9.92. The SMILES string of the molecule is C/C(=C\c1ccccc1)[C@H]1CC1C#[N+]C1CCC(NC(=O)OC(C)(C)C)CC1. The fourth-order valence-electron chi connectivity index (χ4n) is 3.78. The number of amides is 1. The molecule has 1 unspecified atom stereocenters. The van der Waals surface area contributed by atoms with Crippen molar-refractivity contribution in [1.82, 2.24) is 5.32 Å². The van der Waals surface area contributed by atoms with Gasteiger partial charge < -0.3 is 10.1 Å². The number of benzene rings is 1. The van der Waals surface area contributed by atoms with E-state index in [2.05, 4.69) is 48.7 Å². The Balaban J connectivity index is 1.41. The molecule has 2 aliphatic rings. The maximum absolute atomic E-state index is 11.9. The molecular formula is C24H33N2O2+. The summed E-state index contributed by atoms with van der Waals surface area (Å²) in [5.74, 6) is 1.06. The third-order valence-corrected chi connectivity index (χ3v) is 5.41. The van der Waals surface area contributed by atoms with Crippen LogP contribution in [0.5, 0.6) is 0 Å². The standard InChI is InChI=1S/C24H32N2O2/c1-17(14-18-8-6-5-7-9-18)22-15-19(22)16-25-20-10-12-21(13-11-20)26-23(27)28-24(2,3)4/h5-9,14,19-22H,10-13,15H2,1-4H3/p+1/b17-14+/t19?,20?,21?,22-/m1/s1. The topological polar surface area (TPSA) is 42.7 Å². The minimum Gasteiger partial charge on any atom is -0.444 e. The number of nitrogens with zero attached hydrogens (tertiary/aromatic N) is 1. The summed E-state index contributed by atoms with van der Waals surface area (Å²) in [5, 5.41) is 2.99. The van der Waals surface area contributed by atoms with Crippen LogP contribution >= 0.6 is 0 Å². The number of ether oxygens (including phenoxy) is 1. The number of alkyl carbamates (subject to hydrolysis) is 1. The minimum atomic E-state index is -0.450. The second kappa shape index (κ2) is 8.82. The highest BCUT2D eigenvalue weighted by molar-refractivity contribution is 5.68. The maximum atomic E-state index is 11.9. The van der Waals surface area contributed by atoms with Crippen molar-refractivity contribution < 1.29 is 9.53 Å². The number of carbonyl (C=O) groups is 1. The fourth-order valence-corrected chi connectivity index (χ4v) is 3.78. The van der Waals surface area contributed by atoms with Gasteiger partial charge in [-0.15, -0.1) is 0 Å². The van der Waals surface area contributed by atoms with Crippen LogP contribution in [0.2, 0.25) is 0 Å². The van der Waals surface area contributed by atoms with E-state index in [1.54, 1.807) is 0 Å². The summed E-state index contributed by atoms with van der Waals surface area (Å²) in [5.41, 5.74) is 2.23. The molecule has 0 radical (unpaired) electrons. The van der Waals surface area contributed by atoms with Gasteiger partial charge in [-0.25, -0.2) is 4.79 Å². The Labute approximate surface area is 169 Å². The van der Waals surface area contributed by atoms with Crippen molar-refractivity contribution in [1.29, 1.82) is 0 Å². The highest BCUT2D eigenvalue weighted by Gasteiger charge is 2.42. The predicted octanol–water partition coefficient (Wildman–Crippen LogP) is 5.89.